The molecular formula is C17H31IN4OS. The predicted molar refractivity (Wildman–Crippen MR) is 113 cm³/mol. The van der Waals surface area contributed by atoms with E-state index in [0.29, 0.717) is 0 Å². The molecule has 1 aliphatic carbocycles. The number of aromatic nitrogens is 1. The number of aliphatic imine (C=N–C) groups is 1. The number of hydrogen-bond donors (Lipinski definition) is 1. The van der Waals surface area contributed by atoms with Crippen molar-refractivity contribution in [1.82, 2.24) is 15.2 Å². The second-order valence-corrected chi connectivity index (χ2v) is 6.95. The van der Waals surface area contributed by atoms with Gasteiger partial charge < -0.3 is 15.0 Å². The van der Waals surface area contributed by atoms with E-state index in [0.717, 1.165) is 63.3 Å². The Morgan fingerprint density at radius 3 is 2.88 bits per heavy atom. The molecule has 1 heterocycles. The van der Waals surface area contributed by atoms with Crippen LogP contribution in [0.5, 0.6) is 0 Å². The van der Waals surface area contributed by atoms with Gasteiger partial charge >= 0.3 is 0 Å². The van der Waals surface area contributed by atoms with Crippen LogP contribution in [0.4, 0.5) is 0 Å². The van der Waals surface area contributed by atoms with Crippen LogP contribution in [-0.2, 0) is 17.6 Å². The Kier molecular flexibility index (Phi) is 10.8. The number of likely N-dealkylation sites (N-methyl/N-ethyl adjacent to an activating group) is 1. The van der Waals surface area contributed by atoms with Gasteiger partial charge in [-0.25, -0.2) is 4.98 Å². The maximum absolute atomic E-state index is 5.71. The minimum Gasteiger partial charge on any atom is -0.379 e. The van der Waals surface area contributed by atoms with Crippen LogP contribution >= 0.6 is 35.3 Å². The molecule has 7 heteroatoms. The molecule has 0 aromatic carbocycles. The lowest BCUT2D eigenvalue weighted by molar-refractivity contribution is 0.115. The molecule has 1 aliphatic rings. The summed E-state index contributed by atoms with van der Waals surface area (Å²) >= 11 is 1.74. The molecule has 1 aromatic heterocycles. The summed E-state index contributed by atoms with van der Waals surface area (Å²) in [5.74, 6) is 1.78. The quantitative estimate of drug-likeness (QED) is 0.249. The highest BCUT2D eigenvalue weighted by Crippen LogP contribution is 2.28. The molecule has 0 radical (unpaired) electrons. The second-order valence-electron chi connectivity index (χ2n) is 6.01. The highest BCUT2D eigenvalue weighted by atomic mass is 127. The lowest BCUT2D eigenvalue weighted by Crippen LogP contribution is -2.40. The Morgan fingerprint density at radius 1 is 1.46 bits per heavy atom. The summed E-state index contributed by atoms with van der Waals surface area (Å²) in [5, 5.41) is 6.71. The number of ether oxygens (including phenoxy) is 1. The van der Waals surface area contributed by atoms with Gasteiger partial charge in [-0.3, -0.25) is 4.99 Å². The molecule has 1 aromatic rings. The van der Waals surface area contributed by atoms with Crippen LogP contribution in [0.15, 0.2) is 10.4 Å². The minimum absolute atomic E-state index is 0. The van der Waals surface area contributed by atoms with Gasteiger partial charge in [0, 0.05) is 45.1 Å². The topological polar surface area (TPSA) is 49.8 Å². The fourth-order valence-corrected chi connectivity index (χ4v) is 2.99. The predicted octanol–water partition coefficient (Wildman–Crippen LogP) is 3.19. The van der Waals surface area contributed by atoms with Crippen molar-refractivity contribution in [1.29, 1.82) is 0 Å². The van der Waals surface area contributed by atoms with Crippen molar-refractivity contribution in [3.05, 3.63) is 16.1 Å². The van der Waals surface area contributed by atoms with E-state index >= 15 is 0 Å². The van der Waals surface area contributed by atoms with Gasteiger partial charge in [-0.1, -0.05) is 6.92 Å². The zero-order chi connectivity index (χ0) is 16.5. The zero-order valence-corrected chi connectivity index (χ0v) is 18.2. The largest absolute Gasteiger partial charge is 0.379 e. The molecule has 0 amide bonds. The van der Waals surface area contributed by atoms with E-state index in [9.17, 15) is 0 Å². The first kappa shape index (κ1) is 21.6. The van der Waals surface area contributed by atoms with Crippen molar-refractivity contribution < 1.29 is 4.74 Å². The van der Waals surface area contributed by atoms with E-state index in [1.807, 2.05) is 0 Å². The summed E-state index contributed by atoms with van der Waals surface area (Å²) in [6.45, 7) is 8.44. The van der Waals surface area contributed by atoms with Gasteiger partial charge in [0.05, 0.1) is 17.3 Å². The van der Waals surface area contributed by atoms with Crippen molar-refractivity contribution in [2.75, 3.05) is 39.9 Å². The smallest absolute Gasteiger partial charge is 0.193 e. The lowest BCUT2D eigenvalue weighted by Gasteiger charge is -2.22. The molecule has 0 spiro atoms. The lowest BCUT2D eigenvalue weighted by atomic mass is 10.3. The van der Waals surface area contributed by atoms with Gasteiger partial charge in [-0.05, 0) is 32.1 Å². The van der Waals surface area contributed by atoms with E-state index in [4.69, 9.17) is 9.73 Å². The first-order valence-corrected chi connectivity index (χ1v) is 9.61. The Bertz CT molecular complexity index is 491. The molecule has 0 bridgehead atoms. The summed E-state index contributed by atoms with van der Waals surface area (Å²) in [6.07, 6.45) is 4.60. The van der Waals surface area contributed by atoms with E-state index in [-0.39, 0.29) is 24.0 Å². The number of nitrogens with one attached hydrogen (secondary N) is 1. The highest BCUT2D eigenvalue weighted by molar-refractivity contribution is 14.0. The Morgan fingerprint density at radius 2 is 2.25 bits per heavy atom. The van der Waals surface area contributed by atoms with Crippen LogP contribution in [0.2, 0.25) is 0 Å². The van der Waals surface area contributed by atoms with Crippen molar-refractivity contribution in [2.45, 2.75) is 39.5 Å². The van der Waals surface area contributed by atoms with Crippen LogP contribution in [-0.4, -0.2) is 55.7 Å². The summed E-state index contributed by atoms with van der Waals surface area (Å²) in [7, 11) is 2.07. The van der Waals surface area contributed by atoms with Crippen LogP contribution in [0.3, 0.4) is 0 Å². The van der Waals surface area contributed by atoms with E-state index in [2.05, 4.69) is 41.5 Å². The Hall–Kier alpha value is -0.410. The normalized spacial score (nSPS) is 14.4. The van der Waals surface area contributed by atoms with Gasteiger partial charge in [-0.15, -0.1) is 35.3 Å². The third-order valence-electron chi connectivity index (χ3n) is 3.85. The summed E-state index contributed by atoms with van der Waals surface area (Å²) in [5.41, 5.74) is 1.15. The molecule has 5 nitrogen and oxygen atoms in total. The summed E-state index contributed by atoms with van der Waals surface area (Å²) < 4.78 is 5.71. The number of nitrogens with zero attached hydrogens (tertiary/aromatic N) is 3. The van der Waals surface area contributed by atoms with Crippen LogP contribution < -0.4 is 5.32 Å². The Balaban J connectivity index is 0.00000288. The van der Waals surface area contributed by atoms with Crippen LogP contribution in [0, 0.1) is 5.92 Å². The molecule has 0 atom stereocenters. The number of thiazole rings is 1. The summed E-state index contributed by atoms with van der Waals surface area (Å²) in [4.78, 5) is 11.5. The fraction of sp³-hybridized carbons (Fsp3) is 0.765. The molecule has 1 fully saturated rings. The molecule has 0 aliphatic heterocycles. The van der Waals surface area contributed by atoms with Gasteiger partial charge in [0.2, 0.25) is 0 Å². The number of halogens is 1. The van der Waals surface area contributed by atoms with Gasteiger partial charge in [-0.2, -0.15) is 0 Å². The van der Waals surface area contributed by atoms with Crippen LogP contribution in [0.25, 0.3) is 0 Å². The number of hydrogen-bond acceptors (Lipinski definition) is 4. The van der Waals surface area contributed by atoms with Gasteiger partial charge in [0.25, 0.3) is 0 Å². The van der Waals surface area contributed by atoms with E-state index in [1.165, 1.54) is 17.8 Å². The van der Waals surface area contributed by atoms with Crippen molar-refractivity contribution in [3.8, 4) is 0 Å². The highest BCUT2D eigenvalue weighted by Gasteiger charge is 2.21. The number of guanidine groups is 1. The number of aryl methyl sites for hydroxylation is 1. The molecule has 138 valence electrons. The van der Waals surface area contributed by atoms with Crippen molar-refractivity contribution >= 4 is 41.3 Å². The minimum atomic E-state index is 0. The third-order valence-corrected chi connectivity index (χ3v) is 4.89. The molecule has 1 saturated carbocycles. The van der Waals surface area contributed by atoms with E-state index in [1.54, 1.807) is 11.3 Å². The molecule has 2 rings (SSSR count). The van der Waals surface area contributed by atoms with Gasteiger partial charge in [0.15, 0.2) is 5.96 Å². The maximum Gasteiger partial charge on any atom is 0.193 e. The summed E-state index contributed by atoms with van der Waals surface area (Å²) in [6, 6.07) is 0. The second kappa shape index (κ2) is 12.0. The van der Waals surface area contributed by atoms with Crippen LogP contribution in [0.1, 0.15) is 37.4 Å². The van der Waals surface area contributed by atoms with Gasteiger partial charge in [0.1, 0.15) is 0 Å². The van der Waals surface area contributed by atoms with Crippen molar-refractivity contribution in [2.24, 2.45) is 10.9 Å². The van der Waals surface area contributed by atoms with Crippen molar-refractivity contribution in [3.63, 3.8) is 0 Å². The molecule has 0 unspecified atom stereocenters. The molecular weight excluding hydrogens is 435 g/mol. The SMILES string of the molecule is CCNC(=NCCc1csc(CC)n1)N(C)CCOCC1CC1.I. The monoisotopic (exact) mass is 466 g/mol. The Labute approximate surface area is 167 Å². The first-order chi connectivity index (χ1) is 11.2. The molecule has 24 heavy (non-hydrogen) atoms. The third kappa shape index (κ3) is 8.11. The average Bonchev–Trinajstić information content (AvgIpc) is 3.27. The number of rotatable bonds is 10. The van der Waals surface area contributed by atoms with E-state index < -0.39 is 0 Å². The maximum atomic E-state index is 5.71. The standard InChI is InChI=1S/C17H30N4OS.HI/c1-4-16-20-15(13-23-16)8-9-19-17(18-5-2)21(3)10-11-22-12-14-6-7-14;/h13-14H,4-12H2,1-3H3,(H,18,19);1H. The fourth-order valence-electron chi connectivity index (χ4n) is 2.21. The zero-order valence-electron chi connectivity index (χ0n) is 15.1. The molecule has 1 N–H and O–H groups in total. The average molecular weight is 466 g/mol. The molecule has 0 saturated heterocycles. The first-order valence-electron chi connectivity index (χ1n) is 8.73.